The zero-order valence-corrected chi connectivity index (χ0v) is 6.36. The van der Waals surface area contributed by atoms with Crippen LogP contribution in [0.4, 0.5) is 0 Å². The maximum absolute atomic E-state index is 5.66. The SMILES string of the molecule is C#CCC(N)c1cn(C)nn1. The van der Waals surface area contributed by atoms with E-state index >= 15 is 0 Å². The molecule has 0 saturated heterocycles. The Balaban J connectivity index is 2.70. The van der Waals surface area contributed by atoms with Gasteiger partial charge in [-0.3, -0.25) is 4.68 Å². The van der Waals surface area contributed by atoms with Gasteiger partial charge in [-0.2, -0.15) is 0 Å². The Labute approximate surface area is 65.4 Å². The Morgan fingerprint density at radius 3 is 3.09 bits per heavy atom. The van der Waals surface area contributed by atoms with Crippen LogP contribution in [0.25, 0.3) is 0 Å². The van der Waals surface area contributed by atoms with Crippen molar-refractivity contribution in [2.75, 3.05) is 0 Å². The molecule has 2 N–H and O–H groups in total. The summed E-state index contributed by atoms with van der Waals surface area (Å²) >= 11 is 0. The lowest BCUT2D eigenvalue weighted by Gasteiger charge is -2.00. The molecule has 0 spiro atoms. The van der Waals surface area contributed by atoms with Crippen LogP contribution >= 0.6 is 0 Å². The molecule has 1 rings (SSSR count). The molecule has 11 heavy (non-hydrogen) atoms. The molecule has 0 aliphatic carbocycles. The average molecular weight is 150 g/mol. The number of nitrogens with zero attached hydrogens (tertiary/aromatic N) is 3. The summed E-state index contributed by atoms with van der Waals surface area (Å²) in [6, 6.07) is -0.186. The fourth-order valence-corrected chi connectivity index (χ4v) is 0.767. The van der Waals surface area contributed by atoms with Crippen molar-refractivity contribution >= 4 is 0 Å². The first kappa shape index (κ1) is 7.76. The second-order valence-corrected chi connectivity index (χ2v) is 2.33. The van der Waals surface area contributed by atoms with Crippen LogP contribution in [0.2, 0.25) is 0 Å². The number of aryl methyl sites for hydroxylation is 1. The van der Waals surface area contributed by atoms with E-state index in [-0.39, 0.29) is 6.04 Å². The molecule has 0 amide bonds. The number of terminal acetylenes is 1. The largest absolute Gasteiger partial charge is 0.322 e. The highest BCUT2D eigenvalue weighted by Gasteiger charge is 2.07. The Morgan fingerprint density at radius 2 is 2.64 bits per heavy atom. The van der Waals surface area contributed by atoms with Crippen LogP contribution in [0.15, 0.2) is 6.20 Å². The average Bonchev–Trinajstić information content (AvgIpc) is 2.36. The summed E-state index contributed by atoms with van der Waals surface area (Å²) in [5.74, 6) is 2.47. The highest BCUT2D eigenvalue weighted by Crippen LogP contribution is 2.07. The molecule has 0 fully saturated rings. The van der Waals surface area contributed by atoms with E-state index in [1.54, 1.807) is 17.9 Å². The van der Waals surface area contributed by atoms with Crippen molar-refractivity contribution < 1.29 is 0 Å². The fraction of sp³-hybridized carbons (Fsp3) is 0.429. The van der Waals surface area contributed by atoms with E-state index in [4.69, 9.17) is 12.2 Å². The zero-order chi connectivity index (χ0) is 8.27. The van der Waals surface area contributed by atoms with Crippen molar-refractivity contribution in [1.82, 2.24) is 15.0 Å². The normalized spacial score (nSPS) is 12.5. The van der Waals surface area contributed by atoms with Gasteiger partial charge in [0.25, 0.3) is 0 Å². The lowest BCUT2D eigenvalue weighted by molar-refractivity contribution is 0.698. The van der Waals surface area contributed by atoms with Crippen LogP contribution in [0, 0.1) is 12.3 Å². The molecule has 1 aromatic rings. The third kappa shape index (κ3) is 1.79. The molecule has 1 unspecified atom stereocenters. The minimum absolute atomic E-state index is 0.186. The third-order valence-corrected chi connectivity index (χ3v) is 1.34. The molecule has 0 aromatic carbocycles. The van der Waals surface area contributed by atoms with Crippen molar-refractivity contribution in [2.45, 2.75) is 12.5 Å². The number of rotatable bonds is 2. The fourth-order valence-electron chi connectivity index (χ4n) is 0.767. The number of aromatic nitrogens is 3. The lowest BCUT2D eigenvalue weighted by atomic mass is 10.2. The third-order valence-electron chi connectivity index (χ3n) is 1.34. The van der Waals surface area contributed by atoms with Crippen molar-refractivity contribution in [2.24, 2.45) is 12.8 Å². The summed E-state index contributed by atoms with van der Waals surface area (Å²) in [5, 5.41) is 7.56. The molecule has 1 aromatic heterocycles. The van der Waals surface area contributed by atoms with Crippen molar-refractivity contribution in [3.63, 3.8) is 0 Å². The molecular weight excluding hydrogens is 140 g/mol. The molecule has 1 heterocycles. The smallest absolute Gasteiger partial charge is 0.100 e. The predicted molar refractivity (Wildman–Crippen MR) is 41.4 cm³/mol. The number of hydrogen-bond donors (Lipinski definition) is 1. The van der Waals surface area contributed by atoms with E-state index in [2.05, 4.69) is 16.2 Å². The van der Waals surface area contributed by atoms with Crippen LogP contribution in [-0.4, -0.2) is 15.0 Å². The second-order valence-electron chi connectivity index (χ2n) is 2.33. The Kier molecular flexibility index (Phi) is 2.24. The van der Waals surface area contributed by atoms with Crippen molar-refractivity contribution in [3.05, 3.63) is 11.9 Å². The van der Waals surface area contributed by atoms with Gasteiger partial charge in [-0.1, -0.05) is 5.21 Å². The second kappa shape index (κ2) is 3.17. The van der Waals surface area contributed by atoms with Gasteiger partial charge in [-0.25, -0.2) is 0 Å². The van der Waals surface area contributed by atoms with E-state index in [1.165, 1.54) is 0 Å². The molecule has 0 aliphatic heterocycles. The minimum atomic E-state index is -0.186. The van der Waals surface area contributed by atoms with Crippen LogP contribution in [0.1, 0.15) is 18.2 Å². The highest BCUT2D eigenvalue weighted by atomic mass is 15.4. The molecule has 4 nitrogen and oxygen atoms in total. The first-order valence-corrected chi connectivity index (χ1v) is 3.29. The molecule has 0 aliphatic rings. The summed E-state index contributed by atoms with van der Waals surface area (Å²) in [6.07, 6.45) is 7.35. The minimum Gasteiger partial charge on any atom is -0.322 e. The summed E-state index contributed by atoms with van der Waals surface area (Å²) in [5.41, 5.74) is 6.40. The number of nitrogens with two attached hydrogens (primary N) is 1. The van der Waals surface area contributed by atoms with Gasteiger partial charge in [-0.15, -0.1) is 17.4 Å². The van der Waals surface area contributed by atoms with E-state index in [9.17, 15) is 0 Å². The number of hydrogen-bond acceptors (Lipinski definition) is 3. The Bertz CT molecular complexity index is 270. The van der Waals surface area contributed by atoms with Crippen LogP contribution in [-0.2, 0) is 7.05 Å². The first-order chi connectivity index (χ1) is 5.24. The predicted octanol–water partition coefficient (Wildman–Crippen LogP) is -0.162. The molecule has 58 valence electrons. The van der Waals surface area contributed by atoms with Gasteiger partial charge in [0.05, 0.1) is 6.04 Å². The van der Waals surface area contributed by atoms with Crippen LogP contribution in [0.3, 0.4) is 0 Å². The maximum atomic E-state index is 5.66. The lowest BCUT2D eigenvalue weighted by Crippen LogP contribution is -2.09. The molecule has 0 saturated carbocycles. The quantitative estimate of drug-likeness (QED) is 0.596. The Hall–Kier alpha value is -1.34. The summed E-state index contributed by atoms with van der Waals surface area (Å²) in [4.78, 5) is 0. The molecule has 0 radical (unpaired) electrons. The van der Waals surface area contributed by atoms with Gasteiger partial charge in [0.15, 0.2) is 0 Å². The van der Waals surface area contributed by atoms with Crippen molar-refractivity contribution in [1.29, 1.82) is 0 Å². The summed E-state index contributed by atoms with van der Waals surface area (Å²) in [6.45, 7) is 0. The van der Waals surface area contributed by atoms with Gasteiger partial charge < -0.3 is 5.73 Å². The van der Waals surface area contributed by atoms with E-state index in [0.29, 0.717) is 6.42 Å². The maximum Gasteiger partial charge on any atom is 0.100 e. The first-order valence-electron chi connectivity index (χ1n) is 3.29. The standard InChI is InChI=1S/C7H10N4/c1-3-4-6(8)7-5-11(2)10-9-7/h1,5-6H,4,8H2,2H3. The molecular formula is C7H10N4. The van der Waals surface area contributed by atoms with Crippen LogP contribution in [0.5, 0.6) is 0 Å². The van der Waals surface area contributed by atoms with Gasteiger partial charge in [-0.05, 0) is 0 Å². The van der Waals surface area contributed by atoms with E-state index < -0.39 is 0 Å². The Morgan fingerprint density at radius 1 is 1.91 bits per heavy atom. The highest BCUT2D eigenvalue weighted by molar-refractivity contribution is 5.04. The topological polar surface area (TPSA) is 56.7 Å². The van der Waals surface area contributed by atoms with Crippen molar-refractivity contribution in [3.8, 4) is 12.3 Å². The van der Waals surface area contributed by atoms with Gasteiger partial charge in [0, 0.05) is 19.7 Å². The van der Waals surface area contributed by atoms with Gasteiger partial charge in [0.1, 0.15) is 5.69 Å². The molecule has 4 heteroatoms. The molecule has 0 bridgehead atoms. The van der Waals surface area contributed by atoms with E-state index in [0.717, 1.165) is 5.69 Å². The van der Waals surface area contributed by atoms with Gasteiger partial charge >= 0.3 is 0 Å². The van der Waals surface area contributed by atoms with E-state index in [1.807, 2.05) is 0 Å². The monoisotopic (exact) mass is 150 g/mol. The zero-order valence-electron chi connectivity index (χ0n) is 6.36. The summed E-state index contributed by atoms with van der Waals surface area (Å²) in [7, 11) is 1.79. The van der Waals surface area contributed by atoms with Crippen LogP contribution < -0.4 is 5.73 Å². The molecule has 1 atom stereocenters. The van der Waals surface area contributed by atoms with Gasteiger partial charge in [0.2, 0.25) is 0 Å². The summed E-state index contributed by atoms with van der Waals surface area (Å²) < 4.78 is 1.60.